The maximum absolute atomic E-state index is 15.0. The quantitative estimate of drug-likeness (QED) is 0.190. The Balaban J connectivity index is 1.59. The lowest BCUT2D eigenvalue weighted by atomic mass is 9.93. The van der Waals surface area contributed by atoms with Crippen molar-refractivity contribution in [3.05, 3.63) is 142 Å². The summed E-state index contributed by atoms with van der Waals surface area (Å²) < 4.78 is 48.9. The standard InChI is InChI=1S/C43H29F3N4/c1-24-5-10-31-32-11-6-25(2)16-39(32)49(38(31)15-24)37-21-35(30-14-9-28(22-47)19-36(30)43(44,45)46)42(20-29(37)23-48)50-40-17-26(3)7-12-33(40)34-13-8-27(4)18-41(34)50/h5-21H,1-4H3. The first-order valence-electron chi connectivity index (χ1n) is 16.2. The summed E-state index contributed by atoms with van der Waals surface area (Å²) in [7, 11) is 0. The van der Waals surface area contributed by atoms with Crippen molar-refractivity contribution < 1.29 is 13.2 Å². The third-order valence-corrected chi connectivity index (χ3v) is 9.62. The molecule has 0 aliphatic carbocycles. The highest BCUT2D eigenvalue weighted by atomic mass is 19.4. The van der Waals surface area contributed by atoms with Crippen LogP contribution in [0, 0.1) is 50.4 Å². The maximum atomic E-state index is 15.0. The molecule has 0 atom stereocenters. The number of nitriles is 2. The molecule has 50 heavy (non-hydrogen) atoms. The zero-order valence-corrected chi connectivity index (χ0v) is 27.7. The number of aromatic nitrogens is 2. The predicted octanol–water partition coefficient (Wildman–Crippen LogP) is 11.5. The van der Waals surface area contributed by atoms with Crippen molar-refractivity contribution in [2.75, 3.05) is 0 Å². The monoisotopic (exact) mass is 658 g/mol. The fourth-order valence-corrected chi connectivity index (χ4v) is 7.33. The molecule has 0 amide bonds. The highest BCUT2D eigenvalue weighted by molar-refractivity contribution is 6.11. The molecule has 0 N–H and O–H groups in total. The summed E-state index contributed by atoms with van der Waals surface area (Å²) in [6.07, 6.45) is -4.76. The number of hydrogen-bond donors (Lipinski definition) is 0. The fourth-order valence-electron chi connectivity index (χ4n) is 7.33. The van der Waals surface area contributed by atoms with E-state index >= 15 is 0 Å². The number of benzene rings is 6. The summed E-state index contributed by atoms with van der Waals surface area (Å²) in [5.74, 6) is 0. The molecule has 2 aromatic heterocycles. The van der Waals surface area contributed by atoms with E-state index in [2.05, 4.69) is 6.07 Å². The van der Waals surface area contributed by atoms with E-state index < -0.39 is 11.7 Å². The van der Waals surface area contributed by atoms with Crippen molar-refractivity contribution in [3.63, 3.8) is 0 Å². The normalized spacial score (nSPS) is 11.9. The smallest absolute Gasteiger partial charge is 0.309 e. The van der Waals surface area contributed by atoms with E-state index in [1.54, 1.807) is 12.1 Å². The second-order valence-corrected chi connectivity index (χ2v) is 13.1. The summed E-state index contributed by atoms with van der Waals surface area (Å²) in [5.41, 5.74) is 7.72. The Bertz CT molecular complexity index is 2700. The van der Waals surface area contributed by atoms with Crippen molar-refractivity contribution in [3.8, 4) is 34.6 Å². The molecule has 0 unspecified atom stereocenters. The second kappa shape index (κ2) is 11.1. The Kier molecular flexibility index (Phi) is 6.89. The number of halogens is 3. The van der Waals surface area contributed by atoms with Crippen LogP contribution in [-0.4, -0.2) is 9.13 Å². The van der Waals surface area contributed by atoms with Gasteiger partial charge in [-0.2, -0.15) is 23.7 Å². The Hall–Kier alpha value is -6.31. The predicted molar refractivity (Wildman–Crippen MR) is 194 cm³/mol. The van der Waals surface area contributed by atoms with Gasteiger partial charge in [0.05, 0.1) is 56.2 Å². The van der Waals surface area contributed by atoms with Gasteiger partial charge in [-0.15, -0.1) is 0 Å². The van der Waals surface area contributed by atoms with Gasteiger partial charge < -0.3 is 9.13 Å². The number of aryl methyl sites for hydroxylation is 4. The van der Waals surface area contributed by atoms with Crippen LogP contribution in [0.2, 0.25) is 0 Å². The minimum atomic E-state index is -4.76. The first-order chi connectivity index (χ1) is 24.0. The molecule has 0 saturated heterocycles. The van der Waals surface area contributed by atoms with Crippen LogP contribution >= 0.6 is 0 Å². The van der Waals surface area contributed by atoms with Crippen molar-refractivity contribution in [1.82, 2.24) is 9.13 Å². The molecule has 0 saturated carbocycles. The topological polar surface area (TPSA) is 57.4 Å². The molecular weight excluding hydrogens is 629 g/mol. The van der Waals surface area contributed by atoms with Crippen LogP contribution in [-0.2, 0) is 6.18 Å². The number of hydrogen-bond acceptors (Lipinski definition) is 2. The molecular formula is C43H29F3N4. The largest absolute Gasteiger partial charge is 0.417 e. The minimum absolute atomic E-state index is 0.0827. The molecule has 4 nitrogen and oxygen atoms in total. The molecule has 0 spiro atoms. The van der Waals surface area contributed by atoms with Gasteiger partial charge in [-0.25, -0.2) is 0 Å². The average molecular weight is 659 g/mol. The summed E-state index contributed by atoms with van der Waals surface area (Å²) in [4.78, 5) is 0. The van der Waals surface area contributed by atoms with Gasteiger partial charge in [-0.05, 0) is 104 Å². The molecule has 242 valence electrons. The molecule has 0 fully saturated rings. The molecule has 0 aliphatic heterocycles. The van der Waals surface area contributed by atoms with Gasteiger partial charge in [0, 0.05) is 27.1 Å². The highest BCUT2D eigenvalue weighted by Gasteiger charge is 2.35. The van der Waals surface area contributed by atoms with Gasteiger partial charge in [0.25, 0.3) is 0 Å². The molecule has 2 heterocycles. The number of rotatable bonds is 3. The highest BCUT2D eigenvalue weighted by Crippen LogP contribution is 2.45. The minimum Gasteiger partial charge on any atom is -0.309 e. The lowest BCUT2D eigenvalue weighted by Gasteiger charge is -2.21. The summed E-state index contributed by atoms with van der Waals surface area (Å²) in [6, 6.07) is 35.8. The summed E-state index contributed by atoms with van der Waals surface area (Å²) in [6.45, 7) is 7.94. The van der Waals surface area contributed by atoms with Gasteiger partial charge in [0.15, 0.2) is 0 Å². The molecule has 7 heteroatoms. The van der Waals surface area contributed by atoms with E-state index in [1.807, 2.05) is 116 Å². The molecule has 0 radical (unpaired) electrons. The lowest BCUT2D eigenvalue weighted by Crippen LogP contribution is -2.10. The summed E-state index contributed by atoms with van der Waals surface area (Å²) in [5, 5.41) is 24.3. The van der Waals surface area contributed by atoms with Crippen molar-refractivity contribution >= 4 is 43.6 Å². The van der Waals surface area contributed by atoms with Crippen LogP contribution in [0.3, 0.4) is 0 Å². The van der Waals surface area contributed by atoms with Gasteiger partial charge in [0.2, 0.25) is 0 Å². The SMILES string of the molecule is Cc1ccc2c3ccc(C)cc3n(-c3cc(-c4ccc(C#N)cc4C(F)(F)F)c(-n4c5cc(C)ccc5c5ccc(C)cc54)cc3C#N)c2c1. The zero-order chi connectivity index (χ0) is 35.1. The third-order valence-electron chi connectivity index (χ3n) is 9.62. The van der Waals surface area contributed by atoms with Crippen molar-refractivity contribution in [2.24, 2.45) is 0 Å². The van der Waals surface area contributed by atoms with Gasteiger partial charge in [0.1, 0.15) is 6.07 Å². The maximum Gasteiger partial charge on any atom is 0.417 e. The fraction of sp³-hybridized carbons (Fsp3) is 0.116. The van der Waals surface area contributed by atoms with Crippen LogP contribution in [0.15, 0.2) is 103 Å². The number of nitrogens with zero attached hydrogens (tertiary/aromatic N) is 4. The van der Waals surface area contributed by atoms with E-state index in [0.29, 0.717) is 16.9 Å². The van der Waals surface area contributed by atoms with E-state index in [0.717, 1.165) is 71.9 Å². The van der Waals surface area contributed by atoms with Gasteiger partial charge >= 0.3 is 6.18 Å². The van der Waals surface area contributed by atoms with E-state index in [4.69, 9.17) is 0 Å². The Morgan fingerprint density at radius 1 is 0.480 bits per heavy atom. The van der Waals surface area contributed by atoms with Crippen molar-refractivity contribution in [2.45, 2.75) is 33.9 Å². The van der Waals surface area contributed by atoms with Crippen LogP contribution in [0.25, 0.3) is 66.1 Å². The van der Waals surface area contributed by atoms with Crippen LogP contribution in [0.5, 0.6) is 0 Å². The van der Waals surface area contributed by atoms with Crippen molar-refractivity contribution in [1.29, 1.82) is 10.5 Å². The van der Waals surface area contributed by atoms with Gasteiger partial charge in [-0.1, -0.05) is 54.6 Å². The van der Waals surface area contributed by atoms with Gasteiger partial charge in [-0.3, -0.25) is 0 Å². The lowest BCUT2D eigenvalue weighted by molar-refractivity contribution is -0.137. The molecule has 0 aliphatic rings. The second-order valence-electron chi connectivity index (χ2n) is 13.1. The Labute approximate surface area is 286 Å². The van der Waals surface area contributed by atoms with E-state index in [1.165, 1.54) is 12.1 Å². The molecule has 6 aromatic carbocycles. The van der Waals surface area contributed by atoms with Crippen LogP contribution in [0.4, 0.5) is 13.2 Å². The van der Waals surface area contributed by atoms with E-state index in [9.17, 15) is 23.7 Å². The zero-order valence-electron chi connectivity index (χ0n) is 27.7. The molecule has 0 bridgehead atoms. The Morgan fingerprint density at radius 2 is 0.920 bits per heavy atom. The third kappa shape index (κ3) is 4.74. The first-order valence-corrected chi connectivity index (χ1v) is 16.2. The molecule has 8 aromatic rings. The number of alkyl halides is 3. The summed E-state index contributed by atoms with van der Waals surface area (Å²) >= 11 is 0. The van der Waals surface area contributed by atoms with Crippen LogP contribution in [0.1, 0.15) is 38.9 Å². The molecule has 8 rings (SSSR count). The Morgan fingerprint density at radius 3 is 1.32 bits per heavy atom. The average Bonchev–Trinajstić information content (AvgIpc) is 3.57. The number of fused-ring (bicyclic) bond motifs is 6. The first kappa shape index (κ1) is 31.0. The van der Waals surface area contributed by atoms with E-state index in [-0.39, 0.29) is 16.7 Å². The van der Waals surface area contributed by atoms with Crippen LogP contribution < -0.4 is 0 Å².